The number of carbonyl (C=O) groups excluding carboxylic acids is 1. The van der Waals surface area contributed by atoms with Crippen LogP contribution in [0.25, 0.3) is 0 Å². The number of carbonyl (C=O) groups is 1. The first-order chi connectivity index (χ1) is 10.1. The van der Waals surface area contributed by atoms with Crippen molar-refractivity contribution < 1.29 is 9.53 Å². The molecule has 1 aromatic rings. The molecule has 0 saturated carbocycles. The molecule has 0 aliphatic carbocycles. The summed E-state index contributed by atoms with van der Waals surface area (Å²) in [4.78, 5) is 12.4. The first kappa shape index (κ1) is 18.8. The summed E-state index contributed by atoms with van der Waals surface area (Å²) in [7, 11) is 0. The summed E-state index contributed by atoms with van der Waals surface area (Å²) >= 11 is 0. The molecule has 1 amide bonds. The maximum Gasteiger partial charge on any atom is 0.251 e. The molecule has 1 fully saturated rings. The number of benzene rings is 1. The molecule has 1 aliphatic rings. The third kappa shape index (κ3) is 5.50. The Labute approximate surface area is 139 Å². The predicted molar refractivity (Wildman–Crippen MR) is 92.0 cm³/mol. The molecule has 22 heavy (non-hydrogen) atoms. The Morgan fingerprint density at radius 3 is 2.91 bits per heavy atom. The fourth-order valence-corrected chi connectivity index (χ4v) is 2.48. The summed E-state index contributed by atoms with van der Waals surface area (Å²) in [5.74, 6) is 1.20. The van der Waals surface area contributed by atoms with Crippen LogP contribution < -0.4 is 15.4 Å². The Morgan fingerprint density at radius 2 is 2.23 bits per heavy atom. The van der Waals surface area contributed by atoms with Crippen molar-refractivity contribution in [2.24, 2.45) is 5.92 Å². The second-order valence-electron chi connectivity index (χ2n) is 6.20. The van der Waals surface area contributed by atoms with Crippen LogP contribution in [-0.2, 0) is 0 Å². The van der Waals surface area contributed by atoms with Crippen molar-refractivity contribution in [1.29, 1.82) is 0 Å². The fraction of sp³-hybridized carbons (Fsp3) is 0.588. The van der Waals surface area contributed by atoms with Crippen LogP contribution in [0.5, 0.6) is 5.75 Å². The minimum absolute atomic E-state index is 0. The van der Waals surface area contributed by atoms with Crippen molar-refractivity contribution in [2.45, 2.75) is 45.7 Å². The highest BCUT2D eigenvalue weighted by atomic mass is 35.5. The van der Waals surface area contributed by atoms with Gasteiger partial charge in [0.15, 0.2) is 0 Å². The molecular weight excluding hydrogens is 300 g/mol. The average Bonchev–Trinajstić information content (AvgIpc) is 2.48. The molecule has 1 aromatic carbocycles. The molecular formula is C17H27ClN2O2. The molecule has 124 valence electrons. The lowest BCUT2D eigenvalue weighted by molar-refractivity contribution is 0.0919. The number of ether oxygens (including phenoxy) is 1. The van der Waals surface area contributed by atoms with Crippen molar-refractivity contribution in [2.75, 3.05) is 13.2 Å². The molecule has 2 rings (SSSR count). The molecule has 0 bridgehead atoms. The zero-order chi connectivity index (χ0) is 15.2. The van der Waals surface area contributed by atoms with Crippen LogP contribution in [0.1, 0.15) is 44.0 Å². The lowest BCUT2D eigenvalue weighted by Gasteiger charge is -2.30. The summed E-state index contributed by atoms with van der Waals surface area (Å²) in [5, 5.41) is 6.51. The highest BCUT2D eigenvalue weighted by molar-refractivity contribution is 5.94. The molecule has 5 heteroatoms. The molecule has 1 aliphatic heterocycles. The van der Waals surface area contributed by atoms with Gasteiger partial charge in [-0.05, 0) is 50.4 Å². The number of halogens is 1. The van der Waals surface area contributed by atoms with E-state index in [0.29, 0.717) is 24.1 Å². The first-order valence-corrected chi connectivity index (χ1v) is 7.83. The molecule has 0 aromatic heterocycles. The van der Waals surface area contributed by atoms with Gasteiger partial charge in [-0.25, -0.2) is 0 Å². The molecule has 2 N–H and O–H groups in total. The maximum absolute atomic E-state index is 12.4. The zero-order valence-electron chi connectivity index (χ0n) is 13.6. The number of amides is 1. The van der Waals surface area contributed by atoms with Crippen LogP contribution in [0.15, 0.2) is 24.3 Å². The largest absolute Gasteiger partial charge is 0.493 e. The summed E-state index contributed by atoms with van der Waals surface area (Å²) in [6.45, 7) is 8.02. The van der Waals surface area contributed by atoms with E-state index in [1.165, 1.54) is 0 Å². The highest BCUT2D eigenvalue weighted by Crippen LogP contribution is 2.15. The highest BCUT2D eigenvalue weighted by Gasteiger charge is 2.22. The Morgan fingerprint density at radius 1 is 1.45 bits per heavy atom. The number of piperidine rings is 1. The van der Waals surface area contributed by atoms with Crippen LogP contribution >= 0.6 is 12.4 Å². The number of hydrogen-bond acceptors (Lipinski definition) is 3. The van der Waals surface area contributed by atoms with Crippen LogP contribution in [-0.4, -0.2) is 31.1 Å². The smallest absolute Gasteiger partial charge is 0.251 e. The van der Waals surface area contributed by atoms with E-state index >= 15 is 0 Å². The van der Waals surface area contributed by atoms with E-state index in [2.05, 4.69) is 31.4 Å². The van der Waals surface area contributed by atoms with Crippen LogP contribution in [0, 0.1) is 5.92 Å². The second kappa shape index (κ2) is 9.01. The van der Waals surface area contributed by atoms with Gasteiger partial charge in [-0.15, -0.1) is 12.4 Å². The second-order valence-corrected chi connectivity index (χ2v) is 6.20. The lowest BCUT2D eigenvalue weighted by Crippen LogP contribution is -2.51. The van der Waals surface area contributed by atoms with Crippen molar-refractivity contribution in [3.63, 3.8) is 0 Å². The molecule has 1 saturated heterocycles. The molecule has 1 heterocycles. The zero-order valence-corrected chi connectivity index (χ0v) is 14.4. The molecule has 2 unspecified atom stereocenters. The predicted octanol–water partition coefficient (Wildman–Crippen LogP) is 3.01. The van der Waals surface area contributed by atoms with E-state index in [1.807, 2.05) is 24.3 Å². The summed E-state index contributed by atoms with van der Waals surface area (Å²) in [6.07, 6.45) is 2.14. The van der Waals surface area contributed by atoms with E-state index in [0.717, 1.165) is 25.1 Å². The van der Waals surface area contributed by atoms with Crippen molar-refractivity contribution in [3.05, 3.63) is 29.8 Å². The lowest BCUT2D eigenvalue weighted by atomic mass is 9.99. The van der Waals surface area contributed by atoms with E-state index in [9.17, 15) is 4.79 Å². The summed E-state index contributed by atoms with van der Waals surface area (Å²) in [6, 6.07) is 7.93. The SMILES string of the molecule is CC(C)COc1cccc(C(=O)NC2CCCNC2C)c1.Cl. The number of nitrogens with one attached hydrogen (secondary N) is 2. The standard InChI is InChI=1S/C17H26N2O2.ClH/c1-12(2)11-21-15-7-4-6-14(10-15)17(20)19-16-8-5-9-18-13(16)3;/h4,6-7,10,12-13,16,18H,5,8-9,11H2,1-3H3,(H,19,20);1H. The molecule has 0 spiro atoms. The van der Waals surface area contributed by atoms with Gasteiger partial charge in [-0.1, -0.05) is 19.9 Å². The van der Waals surface area contributed by atoms with Gasteiger partial charge in [0.1, 0.15) is 5.75 Å². The van der Waals surface area contributed by atoms with Crippen molar-refractivity contribution in [3.8, 4) is 5.75 Å². The van der Waals surface area contributed by atoms with Crippen molar-refractivity contribution >= 4 is 18.3 Å². The van der Waals surface area contributed by atoms with E-state index in [4.69, 9.17) is 4.74 Å². The maximum atomic E-state index is 12.4. The summed E-state index contributed by atoms with van der Waals surface area (Å²) < 4.78 is 5.68. The van der Waals surface area contributed by atoms with Gasteiger partial charge in [-0.3, -0.25) is 4.79 Å². The van der Waals surface area contributed by atoms with Crippen LogP contribution in [0.4, 0.5) is 0 Å². The van der Waals surface area contributed by atoms with Gasteiger partial charge < -0.3 is 15.4 Å². The average molecular weight is 327 g/mol. The molecule has 0 radical (unpaired) electrons. The van der Waals surface area contributed by atoms with Crippen LogP contribution in [0.3, 0.4) is 0 Å². The van der Waals surface area contributed by atoms with Crippen molar-refractivity contribution in [1.82, 2.24) is 10.6 Å². The number of rotatable bonds is 5. The van der Waals surface area contributed by atoms with Gasteiger partial charge in [0.25, 0.3) is 5.91 Å². The minimum Gasteiger partial charge on any atom is -0.493 e. The third-order valence-corrected chi connectivity index (χ3v) is 3.76. The van der Waals surface area contributed by atoms with Gasteiger partial charge in [0.05, 0.1) is 6.61 Å². The Kier molecular flexibility index (Phi) is 7.69. The fourth-order valence-electron chi connectivity index (χ4n) is 2.48. The Bertz CT molecular complexity index is 479. The monoisotopic (exact) mass is 326 g/mol. The van der Waals surface area contributed by atoms with E-state index in [1.54, 1.807) is 0 Å². The number of hydrogen-bond donors (Lipinski definition) is 2. The quantitative estimate of drug-likeness (QED) is 0.874. The molecule has 4 nitrogen and oxygen atoms in total. The Balaban J connectivity index is 0.00000242. The Hall–Kier alpha value is -1.26. The molecule has 2 atom stereocenters. The first-order valence-electron chi connectivity index (χ1n) is 7.83. The topological polar surface area (TPSA) is 50.4 Å². The van der Waals surface area contributed by atoms with Gasteiger partial charge in [0.2, 0.25) is 0 Å². The third-order valence-electron chi connectivity index (χ3n) is 3.76. The summed E-state index contributed by atoms with van der Waals surface area (Å²) in [5.41, 5.74) is 0.661. The minimum atomic E-state index is -0.0226. The van der Waals surface area contributed by atoms with E-state index < -0.39 is 0 Å². The van der Waals surface area contributed by atoms with Gasteiger partial charge in [0, 0.05) is 17.6 Å². The van der Waals surface area contributed by atoms with Gasteiger partial charge >= 0.3 is 0 Å². The normalized spacial score (nSPS) is 21.1. The van der Waals surface area contributed by atoms with Crippen LogP contribution in [0.2, 0.25) is 0 Å². The van der Waals surface area contributed by atoms with E-state index in [-0.39, 0.29) is 24.4 Å². The van der Waals surface area contributed by atoms with Gasteiger partial charge in [-0.2, -0.15) is 0 Å².